The molecule has 68 valence electrons. The van der Waals surface area contributed by atoms with E-state index < -0.39 is 0 Å². The van der Waals surface area contributed by atoms with Gasteiger partial charge in [-0.1, -0.05) is 37.3 Å². The first kappa shape index (κ1) is 8.55. The molecule has 0 spiro atoms. The summed E-state index contributed by atoms with van der Waals surface area (Å²) in [5, 5.41) is 0. The lowest BCUT2D eigenvalue weighted by atomic mass is 9.87. The number of fused-ring (bicyclic) bond motifs is 1. The van der Waals surface area contributed by atoms with Crippen molar-refractivity contribution in [1.82, 2.24) is 0 Å². The van der Waals surface area contributed by atoms with Gasteiger partial charge in [-0.15, -0.1) is 0 Å². The minimum Gasteiger partial charge on any atom is -0.0995 e. The van der Waals surface area contributed by atoms with E-state index in [0.29, 0.717) is 0 Å². The van der Waals surface area contributed by atoms with Gasteiger partial charge in [0.15, 0.2) is 0 Å². The molecule has 0 heteroatoms. The second kappa shape index (κ2) is 3.37. The Balaban J connectivity index is 2.38. The van der Waals surface area contributed by atoms with Crippen molar-refractivity contribution in [2.24, 2.45) is 0 Å². The maximum Gasteiger partial charge on any atom is -0.00669 e. The molecule has 1 aliphatic carbocycles. The molecule has 1 aromatic rings. The van der Waals surface area contributed by atoms with Crippen LogP contribution < -0.4 is 0 Å². The highest BCUT2D eigenvalue weighted by atomic mass is 14.2. The van der Waals surface area contributed by atoms with E-state index in [0.717, 1.165) is 12.8 Å². The Bertz CT molecular complexity index is 334. The van der Waals surface area contributed by atoms with Gasteiger partial charge in [-0.3, -0.25) is 0 Å². The second-order valence-corrected chi connectivity index (χ2v) is 3.88. The molecule has 0 unspecified atom stereocenters. The van der Waals surface area contributed by atoms with Crippen LogP contribution in [0.2, 0.25) is 0 Å². The molecule has 0 bridgehead atoms. The topological polar surface area (TPSA) is 0 Å². The summed E-state index contributed by atoms with van der Waals surface area (Å²) in [7, 11) is 0. The van der Waals surface area contributed by atoms with Gasteiger partial charge in [0.05, 0.1) is 0 Å². The van der Waals surface area contributed by atoms with E-state index >= 15 is 0 Å². The van der Waals surface area contributed by atoms with E-state index in [2.05, 4.69) is 31.7 Å². The predicted molar refractivity (Wildman–Crippen MR) is 57.0 cm³/mol. The summed E-state index contributed by atoms with van der Waals surface area (Å²) in [6.45, 7) is 6.28. The molecular formula is C13H16. The van der Waals surface area contributed by atoms with Crippen LogP contribution in [0.1, 0.15) is 30.0 Å². The van der Waals surface area contributed by atoms with Gasteiger partial charge in [-0.05, 0) is 42.4 Å². The highest BCUT2D eigenvalue weighted by Crippen LogP contribution is 2.24. The van der Waals surface area contributed by atoms with Crippen molar-refractivity contribution in [3.63, 3.8) is 0 Å². The van der Waals surface area contributed by atoms with Crippen molar-refractivity contribution in [1.29, 1.82) is 0 Å². The lowest BCUT2D eigenvalue weighted by molar-refractivity contribution is 0.837. The summed E-state index contributed by atoms with van der Waals surface area (Å²) in [6, 6.07) is 6.90. The smallest absolute Gasteiger partial charge is 0.00669 e. The molecule has 13 heavy (non-hydrogen) atoms. The molecule has 0 aromatic heterocycles. The molecule has 0 heterocycles. The van der Waals surface area contributed by atoms with E-state index in [9.17, 15) is 0 Å². The third kappa shape index (κ3) is 1.67. The number of aryl methyl sites for hydroxylation is 2. The molecule has 2 rings (SSSR count). The van der Waals surface area contributed by atoms with E-state index in [-0.39, 0.29) is 0 Å². The Morgan fingerprint density at radius 3 is 2.85 bits per heavy atom. The first-order chi connectivity index (χ1) is 6.29. The summed E-state index contributed by atoms with van der Waals surface area (Å²) < 4.78 is 0. The van der Waals surface area contributed by atoms with Crippen LogP contribution in [0.4, 0.5) is 0 Å². The van der Waals surface area contributed by atoms with Crippen molar-refractivity contribution in [3.05, 3.63) is 47.0 Å². The number of benzene rings is 1. The van der Waals surface area contributed by atoms with Crippen molar-refractivity contribution in [2.75, 3.05) is 0 Å². The zero-order valence-corrected chi connectivity index (χ0v) is 8.27. The largest absolute Gasteiger partial charge is 0.0995 e. The summed E-state index contributed by atoms with van der Waals surface area (Å²) in [6.07, 6.45) is 4.61. The molecule has 0 radical (unpaired) electrons. The lowest BCUT2D eigenvalue weighted by Crippen LogP contribution is -2.05. The maximum atomic E-state index is 4.07. The van der Waals surface area contributed by atoms with Gasteiger partial charge in [-0.25, -0.2) is 0 Å². The molecule has 0 amide bonds. The molecule has 0 N–H and O–H groups in total. The summed E-state index contributed by atoms with van der Waals surface area (Å²) >= 11 is 0. The SMILES string of the molecule is C=C1CCc2ccc(CC)cc2C1. The first-order valence-electron chi connectivity index (χ1n) is 5.07. The molecule has 0 saturated heterocycles. The van der Waals surface area contributed by atoms with Crippen LogP contribution >= 0.6 is 0 Å². The Morgan fingerprint density at radius 2 is 2.08 bits per heavy atom. The quantitative estimate of drug-likeness (QED) is 0.570. The molecule has 1 aromatic carbocycles. The average Bonchev–Trinajstić information content (AvgIpc) is 2.16. The second-order valence-electron chi connectivity index (χ2n) is 3.88. The fourth-order valence-electron chi connectivity index (χ4n) is 1.98. The molecular weight excluding hydrogens is 156 g/mol. The number of hydrogen-bond acceptors (Lipinski definition) is 0. The first-order valence-corrected chi connectivity index (χ1v) is 5.07. The summed E-state index contributed by atoms with van der Waals surface area (Å²) in [5.74, 6) is 0. The highest BCUT2D eigenvalue weighted by Gasteiger charge is 2.11. The van der Waals surface area contributed by atoms with Crippen LogP contribution in [0.15, 0.2) is 30.4 Å². The van der Waals surface area contributed by atoms with Gasteiger partial charge in [0, 0.05) is 0 Å². The van der Waals surface area contributed by atoms with Gasteiger partial charge in [-0.2, -0.15) is 0 Å². The van der Waals surface area contributed by atoms with Crippen LogP contribution in [0.5, 0.6) is 0 Å². The third-order valence-electron chi connectivity index (χ3n) is 2.87. The monoisotopic (exact) mass is 172 g/mol. The van der Waals surface area contributed by atoms with Gasteiger partial charge in [0.2, 0.25) is 0 Å². The van der Waals surface area contributed by atoms with Crippen molar-refractivity contribution >= 4 is 0 Å². The van der Waals surface area contributed by atoms with Gasteiger partial charge in [0.1, 0.15) is 0 Å². The Morgan fingerprint density at radius 1 is 1.23 bits per heavy atom. The van der Waals surface area contributed by atoms with E-state index in [1.807, 2.05) is 0 Å². The van der Waals surface area contributed by atoms with Crippen LogP contribution in [-0.2, 0) is 19.3 Å². The maximum absolute atomic E-state index is 4.07. The normalized spacial score (nSPS) is 15.6. The summed E-state index contributed by atoms with van der Waals surface area (Å²) in [4.78, 5) is 0. The molecule has 0 aliphatic heterocycles. The predicted octanol–water partition coefficient (Wildman–Crippen LogP) is 3.29. The Hall–Kier alpha value is -1.04. The average molecular weight is 172 g/mol. The number of hydrogen-bond donors (Lipinski definition) is 0. The molecule has 0 nitrogen and oxygen atoms in total. The van der Waals surface area contributed by atoms with E-state index in [1.54, 1.807) is 0 Å². The number of rotatable bonds is 1. The van der Waals surface area contributed by atoms with Crippen LogP contribution in [-0.4, -0.2) is 0 Å². The standard InChI is InChI=1S/C13H16/c1-3-11-5-7-12-6-4-10(2)8-13(12)9-11/h5,7,9H,2-4,6,8H2,1H3. The van der Waals surface area contributed by atoms with Crippen LogP contribution in [0, 0.1) is 0 Å². The van der Waals surface area contributed by atoms with Gasteiger partial charge >= 0.3 is 0 Å². The van der Waals surface area contributed by atoms with Gasteiger partial charge < -0.3 is 0 Å². The zero-order valence-electron chi connectivity index (χ0n) is 8.27. The zero-order chi connectivity index (χ0) is 9.26. The Labute approximate surface area is 80.3 Å². The van der Waals surface area contributed by atoms with Crippen molar-refractivity contribution in [3.8, 4) is 0 Å². The molecule has 0 atom stereocenters. The summed E-state index contributed by atoms with van der Waals surface area (Å²) in [5.41, 5.74) is 5.88. The third-order valence-corrected chi connectivity index (χ3v) is 2.87. The minimum absolute atomic E-state index is 1.10. The van der Waals surface area contributed by atoms with Gasteiger partial charge in [0.25, 0.3) is 0 Å². The van der Waals surface area contributed by atoms with E-state index in [4.69, 9.17) is 0 Å². The molecule has 0 fully saturated rings. The molecule has 1 aliphatic rings. The Kier molecular flexibility index (Phi) is 2.22. The highest BCUT2D eigenvalue weighted by molar-refractivity contribution is 5.37. The molecule has 0 saturated carbocycles. The number of allylic oxidation sites excluding steroid dienone is 1. The minimum atomic E-state index is 1.10. The van der Waals surface area contributed by atoms with Crippen molar-refractivity contribution < 1.29 is 0 Å². The fourth-order valence-corrected chi connectivity index (χ4v) is 1.98. The fraction of sp³-hybridized carbons (Fsp3) is 0.385. The van der Waals surface area contributed by atoms with Crippen LogP contribution in [0.3, 0.4) is 0 Å². The van der Waals surface area contributed by atoms with Crippen LogP contribution in [0.25, 0.3) is 0 Å². The van der Waals surface area contributed by atoms with E-state index in [1.165, 1.54) is 35.1 Å². The lowest BCUT2D eigenvalue weighted by Gasteiger charge is -2.18. The van der Waals surface area contributed by atoms with Crippen molar-refractivity contribution in [2.45, 2.75) is 32.6 Å².